The van der Waals surface area contributed by atoms with Gasteiger partial charge in [0.05, 0.1) is 0 Å². The lowest BCUT2D eigenvalue weighted by Crippen LogP contribution is -2.22. The van der Waals surface area contributed by atoms with Gasteiger partial charge in [0.1, 0.15) is 0 Å². The molecule has 0 heterocycles. The highest BCUT2D eigenvalue weighted by Crippen LogP contribution is 2.49. The second-order valence-electron chi connectivity index (χ2n) is 7.05. The highest BCUT2D eigenvalue weighted by molar-refractivity contribution is 6.31. The molecule has 2 aromatic rings. The van der Waals surface area contributed by atoms with Gasteiger partial charge in [-0.05, 0) is 46.1 Å². The molecule has 0 spiro atoms. The zero-order chi connectivity index (χ0) is 19.3. The summed E-state index contributed by atoms with van der Waals surface area (Å²) in [5.74, 6) is 0.274. The molecule has 2 aliphatic rings. The number of hydrogen-bond donors (Lipinski definition) is 0. The maximum atomic E-state index is 12.9. The normalized spacial score (nSPS) is 16.6. The quantitative estimate of drug-likeness (QED) is 0.515. The Morgan fingerprint density at radius 3 is 1.96 bits per heavy atom. The molecule has 0 amide bonds. The molecular weight excluding hydrogens is 316 g/mol. The van der Waals surface area contributed by atoms with Crippen LogP contribution in [0.25, 0.3) is 11.1 Å². The molecule has 138 valence electrons. The molecule has 2 aromatic carbocycles. The van der Waals surface area contributed by atoms with Gasteiger partial charge in [-0.2, -0.15) is 0 Å². The SMILES string of the molecule is CC.CC.CC1(C)CCc2ccccc2C2=C1c1ccccc1CC2=O. The monoisotopic (exact) mass is 348 g/mol. The summed E-state index contributed by atoms with van der Waals surface area (Å²) in [6.07, 6.45) is 2.63. The van der Waals surface area contributed by atoms with Crippen molar-refractivity contribution in [3.63, 3.8) is 0 Å². The van der Waals surface area contributed by atoms with E-state index < -0.39 is 0 Å². The summed E-state index contributed by atoms with van der Waals surface area (Å²) in [4.78, 5) is 12.9. The fourth-order valence-corrected chi connectivity index (χ4v) is 4.00. The number of ketones is 1. The van der Waals surface area contributed by atoms with E-state index in [0.717, 1.165) is 24.0 Å². The van der Waals surface area contributed by atoms with Gasteiger partial charge >= 0.3 is 0 Å². The Labute approximate surface area is 159 Å². The number of carbonyl (C=O) groups excluding carboxylic acids is 1. The Hall–Kier alpha value is -2.15. The standard InChI is InChI=1S/C21H20O.2C2H6/c1-21(2)12-11-14-7-3-5-9-16(14)19-18(22)13-15-8-4-6-10-17(15)20(19)21;2*1-2/h3-10H,11-13H2,1-2H3;2*1-2H3. The van der Waals surface area contributed by atoms with Crippen LogP contribution in [-0.4, -0.2) is 5.78 Å². The first-order valence-corrected chi connectivity index (χ1v) is 10.0. The number of Topliss-reactive ketones (excluding diaryl/α,β-unsaturated/α-hetero) is 1. The maximum absolute atomic E-state index is 12.9. The molecule has 0 fully saturated rings. The average molecular weight is 349 g/mol. The van der Waals surface area contributed by atoms with Crippen molar-refractivity contribution in [3.8, 4) is 0 Å². The van der Waals surface area contributed by atoms with Crippen molar-refractivity contribution in [2.24, 2.45) is 5.41 Å². The van der Waals surface area contributed by atoms with E-state index in [0.29, 0.717) is 6.42 Å². The Morgan fingerprint density at radius 1 is 0.769 bits per heavy atom. The van der Waals surface area contributed by atoms with E-state index in [2.05, 4.69) is 56.3 Å². The highest BCUT2D eigenvalue weighted by atomic mass is 16.1. The Bertz CT molecular complexity index is 808. The molecule has 0 atom stereocenters. The first-order chi connectivity index (χ1) is 12.6. The zero-order valence-electron chi connectivity index (χ0n) is 17.1. The average Bonchev–Trinajstić information content (AvgIpc) is 2.80. The molecule has 0 N–H and O–H groups in total. The first kappa shape index (κ1) is 20.2. The van der Waals surface area contributed by atoms with Crippen molar-refractivity contribution in [2.45, 2.75) is 60.8 Å². The lowest BCUT2D eigenvalue weighted by atomic mass is 9.70. The van der Waals surface area contributed by atoms with Gasteiger partial charge in [0, 0.05) is 12.0 Å². The second kappa shape index (κ2) is 8.49. The third-order valence-corrected chi connectivity index (χ3v) is 5.15. The fourth-order valence-electron chi connectivity index (χ4n) is 4.00. The number of carbonyl (C=O) groups is 1. The van der Waals surface area contributed by atoms with Crippen molar-refractivity contribution in [1.29, 1.82) is 0 Å². The Kier molecular flexibility index (Phi) is 6.58. The molecule has 0 radical (unpaired) electrons. The van der Waals surface area contributed by atoms with Crippen LogP contribution < -0.4 is 0 Å². The van der Waals surface area contributed by atoms with Crippen molar-refractivity contribution < 1.29 is 4.79 Å². The van der Waals surface area contributed by atoms with Gasteiger partial charge in [0.15, 0.2) is 5.78 Å². The minimum atomic E-state index is 0.0144. The second-order valence-corrected chi connectivity index (χ2v) is 7.05. The summed E-state index contributed by atoms with van der Waals surface area (Å²) < 4.78 is 0. The Balaban J connectivity index is 0.000000570. The van der Waals surface area contributed by atoms with E-state index in [9.17, 15) is 4.79 Å². The van der Waals surface area contributed by atoms with Gasteiger partial charge in [0.2, 0.25) is 0 Å². The summed E-state index contributed by atoms with van der Waals surface area (Å²) >= 11 is 0. The molecule has 0 unspecified atom stereocenters. The van der Waals surface area contributed by atoms with Gasteiger partial charge in [-0.1, -0.05) is 90.1 Å². The number of aryl methyl sites for hydroxylation is 1. The van der Waals surface area contributed by atoms with Crippen molar-refractivity contribution in [3.05, 3.63) is 70.8 Å². The molecule has 0 aromatic heterocycles. The van der Waals surface area contributed by atoms with Gasteiger partial charge in [-0.15, -0.1) is 0 Å². The molecule has 4 rings (SSSR count). The topological polar surface area (TPSA) is 17.1 Å². The van der Waals surface area contributed by atoms with Gasteiger partial charge in [-0.3, -0.25) is 4.79 Å². The maximum Gasteiger partial charge on any atom is 0.168 e. The first-order valence-electron chi connectivity index (χ1n) is 10.0. The zero-order valence-corrected chi connectivity index (χ0v) is 17.1. The van der Waals surface area contributed by atoms with Gasteiger partial charge in [-0.25, -0.2) is 0 Å². The van der Waals surface area contributed by atoms with Gasteiger partial charge in [0.25, 0.3) is 0 Å². The largest absolute Gasteiger partial charge is 0.294 e. The van der Waals surface area contributed by atoms with E-state index >= 15 is 0 Å². The number of benzene rings is 2. The highest BCUT2D eigenvalue weighted by Gasteiger charge is 2.37. The van der Waals surface area contributed by atoms with E-state index in [1.165, 1.54) is 22.3 Å². The summed E-state index contributed by atoms with van der Waals surface area (Å²) in [6.45, 7) is 12.6. The van der Waals surface area contributed by atoms with Crippen LogP contribution in [0.1, 0.15) is 70.2 Å². The van der Waals surface area contributed by atoms with Crippen LogP contribution in [0.2, 0.25) is 0 Å². The number of fused-ring (bicyclic) bond motifs is 4. The summed E-state index contributed by atoms with van der Waals surface area (Å²) in [5.41, 5.74) is 7.16. The van der Waals surface area contributed by atoms with Gasteiger partial charge < -0.3 is 0 Å². The van der Waals surface area contributed by atoms with Crippen molar-refractivity contribution in [1.82, 2.24) is 0 Å². The lowest BCUT2D eigenvalue weighted by Gasteiger charge is -2.33. The third-order valence-electron chi connectivity index (χ3n) is 5.15. The molecule has 0 bridgehead atoms. The summed E-state index contributed by atoms with van der Waals surface area (Å²) in [6, 6.07) is 16.8. The van der Waals surface area contributed by atoms with Crippen LogP contribution in [0.3, 0.4) is 0 Å². The smallest absolute Gasteiger partial charge is 0.168 e. The van der Waals surface area contributed by atoms with Crippen LogP contribution in [-0.2, 0) is 17.6 Å². The van der Waals surface area contributed by atoms with Crippen molar-refractivity contribution >= 4 is 16.9 Å². The van der Waals surface area contributed by atoms with Crippen LogP contribution in [0.4, 0.5) is 0 Å². The Morgan fingerprint density at radius 2 is 1.31 bits per heavy atom. The summed E-state index contributed by atoms with van der Waals surface area (Å²) in [5, 5.41) is 0. The molecule has 26 heavy (non-hydrogen) atoms. The molecule has 0 saturated carbocycles. The van der Waals surface area contributed by atoms with Crippen molar-refractivity contribution in [2.75, 3.05) is 0 Å². The fraction of sp³-hybridized carbons (Fsp3) is 0.400. The molecular formula is C25H32O. The van der Waals surface area contributed by atoms with E-state index in [1.54, 1.807) is 0 Å². The molecule has 1 heteroatoms. The molecule has 2 aliphatic carbocycles. The van der Waals surface area contributed by atoms with Crippen LogP contribution in [0.5, 0.6) is 0 Å². The third kappa shape index (κ3) is 3.53. The number of allylic oxidation sites excluding steroid dienone is 2. The minimum Gasteiger partial charge on any atom is -0.294 e. The predicted molar refractivity (Wildman–Crippen MR) is 113 cm³/mol. The van der Waals surface area contributed by atoms with E-state index in [4.69, 9.17) is 0 Å². The van der Waals surface area contributed by atoms with E-state index in [-0.39, 0.29) is 11.2 Å². The predicted octanol–water partition coefficient (Wildman–Crippen LogP) is 6.75. The van der Waals surface area contributed by atoms with Crippen LogP contribution in [0, 0.1) is 5.41 Å². The minimum absolute atomic E-state index is 0.0144. The molecule has 0 saturated heterocycles. The molecule has 1 nitrogen and oxygen atoms in total. The lowest BCUT2D eigenvalue weighted by molar-refractivity contribution is -0.113. The van der Waals surface area contributed by atoms with Crippen LogP contribution in [0.15, 0.2) is 48.5 Å². The summed E-state index contributed by atoms with van der Waals surface area (Å²) in [7, 11) is 0. The number of rotatable bonds is 0. The van der Waals surface area contributed by atoms with E-state index in [1.807, 2.05) is 33.8 Å². The number of hydrogen-bond acceptors (Lipinski definition) is 1. The molecule has 0 aliphatic heterocycles. The van der Waals surface area contributed by atoms with Crippen LogP contribution >= 0.6 is 0 Å².